The maximum Gasteiger partial charge on any atom is 0.414 e. The molecule has 0 radical (unpaired) electrons. The van der Waals surface area contributed by atoms with Crippen LogP contribution in [0.25, 0.3) is 0 Å². The van der Waals surface area contributed by atoms with Crippen molar-refractivity contribution in [1.82, 2.24) is 0 Å². The number of carbonyl (C=O) groups is 1. The Hall–Kier alpha value is -0.580. The number of alkyl halides is 3. The molecular formula is C12H19F3O2. The molecule has 0 aromatic rings. The molecule has 0 heterocycles. The molecule has 1 rings (SSSR count). The van der Waals surface area contributed by atoms with E-state index in [0.717, 1.165) is 7.11 Å². The van der Waals surface area contributed by atoms with E-state index < -0.39 is 12.3 Å². The van der Waals surface area contributed by atoms with Gasteiger partial charge in [0.15, 0.2) is 6.10 Å². The summed E-state index contributed by atoms with van der Waals surface area (Å²) in [4.78, 5) is 11.1. The van der Waals surface area contributed by atoms with Gasteiger partial charge in [0.2, 0.25) is 0 Å². The highest BCUT2D eigenvalue weighted by Gasteiger charge is 2.41. The number of Topliss-reactive ketones (excluding diaryl/α,β-unsaturated/α-hetero) is 1. The highest BCUT2D eigenvalue weighted by molar-refractivity contribution is 5.78. The second kappa shape index (κ2) is 5.85. The average molecular weight is 252 g/mol. The van der Waals surface area contributed by atoms with E-state index in [4.69, 9.17) is 0 Å². The van der Waals surface area contributed by atoms with Gasteiger partial charge in [-0.1, -0.05) is 0 Å². The lowest BCUT2D eigenvalue weighted by molar-refractivity contribution is -0.218. The molecular weight excluding hydrogens is 233 g/mol. The van der Waals surface area contributed by atoms with Crippen LogP contribution in [0.2, 0.25) is 0 Å². The number of hydrogen-bond acceptors (Lipinski definition) is 2. The fraction of sp³-hybridized carbons (Fsp3) is 0.917. The molecule has 0 amide bonds. The van der Waals surface area contributed by atoms with Gasteiger partial charge in [-0.3, -0.25) is 4.79 Å². The van der Waals surface area contributed by atoms with Crippen molar-refractivity contribution in [2.24, 2.45) is 11.8 Å². The molecule has 0 saturated heterocycles. The maximum atomic E-state index is 12.5. The van der Waals surface area contributed by atoms with Crippen molar-refractivity contribution < 1.29 is 22.7 Å². The zero-order chi connectivity index (χ0) is 13.1. The fourth-order valence-electron chi connectivity index (χ4n) is 2.47. The van der Waals surface area contributed by atoms with Crippen molar-refractivity contribution in [1.29, 1.82) is 0 Å². The number of halogens is 3. The van der Waals surface area contributed by atoms with Crippen LogP contribution in [0.1, 0.15) is 39.0 Å². The Morgan fingerprint density at radius 3 is 2.18 bits per heavy atom. The normalized spacial score (nSPS) is 27.8. The molecule has 5 heteroatoms. The van der Waals surface area contributed by atoms with Gasteiger partial charge in [0.05, 0.1) is 0 Å². The van der Waals surface area contributed by atoms with Gasteiger partial charge in [0.25, 0.3) is 0 Å². The zero-order valence-electron chi connectivity index (χ0n) is 10.2. The predicted molar refractivity (Wildman–Crippen MR) is 57.6 cm³/mol. The first-order chi connectivity index (χ1) is 7.84. The van der Waals surface area contributed by atoms with E-state index in [-0.39, 0.29) is 24.0 Å². The Morgan fingerprint density at radius 2 is 1.82 bits per heavy atom. The highest BCUT2D eigenvalue weighted by Crippen LogP contribution is 2.35. The number of ketones is 1. The number of rotatable bonds is 4. The third kappa shape index (κ3) is 4.30. The van der Waals surface area contributed by atoms with Gasteiger partial charge in [-0.05, 0) is 44.9 Å². The van der Waals surface area contributed by atoms with Crippen molar-refractivity contribution >= 4 is 5.78 Å². The molecule has 1 aliphatic carbocycles. The molecule has 17 heavy (non-hydrogen) atoms. The Labute approximate surface area is 99.5 Å². The average Bonchev–Trinajstić information content (AvgIpc) is 2.24. The Morgan fingerprint density at radius 1 is 1.29 bits per heavy atom. The summed E-state index contributed by atoms with van der Waals surface area (Å²) in [7, 11) is 1.10. The van der Waals surface area contributed by atoms with Gasteiger partial charge < -0.3 is 4.74 Å². The van der Waals surface area contributed by atoms with Crippen LogP contribution in [0.15, 0.2) is 0 Å². The van der Waals surface area contributed by atoms with E-state index >= 15 is 0 Å². The highest BCUT2D eigenvalue weighted by atomic mass is 19.4. The summed E-state index contributed by atoms with van der Waals surface area (Å²) in [6.45, 7) is 1.55. The summed E-state index contributed by atoms with van der Waals surface area (Å²) < 4.78 is 42.0. The molecule has 0 aliphatic heterocycles. The van der Waals surface area contributed by atoms with Crippen LogP contribution >= 0.6 is 0 Å². The second-order valence-electron chi connectivity index (χ2n) is 4.83. The Kier molecular flexibility index (Phi) is 4.98. The van der Waals surface area contributed by atoms with Crippen molar-refractivity contribution in [3.05, 3.63) is 0 Å². The Bertz CT molecular complexity index is 255. The van der Waals surface area contributed by atoms with Crippen molar-refractivity contribution in [3.8, 4) is 0 Å². The topological polar surface area (TPSA) is 26.3 Å². The molecule has 1 unspecified atom stereocenters. The second-order valence-corrected chi connectivity index (χ2v) is 4.83. The van der Waals surface area contributed by atoms with Crippen molar-refractivity contribution in [2.45, 2.75) is 51.3 Å². The van der Waals surface area contributed by atoms with Gasteiger partial charge in [0.1, 0.15) is 5.78 Å². The van der Waals surface area contributed by atoms with Gasteiger partial charge in [0, 0.05) is 13.0 Å². The van der Waals surface area contributed by atoms with Gasteiger partial charge in [-0.25, -0.2) is 0 Å². The van der Waals surface area contributed by atoms with Crippen LogP contribution in [-0.2, 0) is 9.53 Å². The zero-order valence-corrected chi connectivity index (χ0v) is 10.2. The Balaban J connectivity index is 2.42. The maximum absolute atomic E-state index is 12.5. The SMILES string of the molecule is COC(CC1CCC(C(C)=O)CC1)C(F)(F)F. The third-order valence-corrected chi connectivity index (χ3v) is 3.62. The molecule has 2 nitrogen and oxygen atoms in total. The van der Waals surface area contributed by atoms with E-state index in [1.165, 1.54) is 0 Å². The monoisotopic (exact) mass is 252 g/mol. The van der Waals surface area contributed by atoms with E-state index in [1.54, 1.807) is 6.92 Å². The molecule has 0 aromatic carbocycles. The standard InChI is InChI=1S/C12H19F3O2/c1-8(16)10-5-3-9(4-6-10)7-11(17-2)12(13,14)15/h9-11H,3-7H2,1-2H3. The first kappa shape index (κ1) is 14.5. The minimum absolute atomic E-state index is 0.0185. The first-order valence-electron chi connectivity index (χ1n) is 5.94. The molecule has 0 N–H and O–H groups in total. The van der Waals surface area contributed by atoms with Crippen LogP contribution < -0.4 is 0 Å². The lowest BCUT2D eigenvalue weighted by atomic mass is 9.78. The van der Waals surface area contributed by atoms with Crippen LogP contribution in [0.3, 0.4) is 0 Å². The summed E-state index contributed by atoms with van der Waals surface area (Å²) in [5, 5.41) is 0. The number of hydrogen-bond donors (Lipinski definition) is 0. The number of ether oxygens (including phenoxy) is 1. The minimum Gasteiger partial charge on any atom is -0.372 e. The van der Waals surface area contributed by atoms with E-state index in [2.05, 4.69) is 4.74 Å². The van der Waals surface area contributed by atoms with Crippen molar-refractivity contribution in [3.63, 3.8) is 0 Å². The molecule has 0 aromatic heterocycles. The smallest absolute Gasteiger partial charge is 0.372 e. The van der Waals surface area contributed by atoms with Crippen molar-refractivity contribution in [2.75, 3.05) is 7.11 Å². The summed E-state index contributed by atoms with van der Waals surface area (Å²) in [6.07, 6.45) is -3.11. The van der Waals surface area contributed by atoms with Crippen LogP contribution in [0.4, 0.5) is 13.2 Å². The minimum atomic E-state index is -4.29. The number of carbonyl (C=O) groups excluding carboxylic acids is 1. The third-order valence-electron chi connectivity index (χ3n) is 3.62. The van der Waals surface area contributed by atoms with E-state index in [9.17, 15) is 18.0 Å². The first-order valence-corrected chi connectivity index (χ1v) is 5.94. The molecule has 1 aliphatic rings. The molecule has 1 saturated carbocycles. The number of methoxy groups -OCH3 is 1. The van der Waals surface area contributed by atoms with Gasteiger partial charge in [-0.2, -0.15) is 13.2 Å². The summed E-state index contributed by atoms with van der Waals surface area (Å²) in [5.41, 5.74) is 0. The van der Waals surface area contributed by atoms with Crippen LogP contribution in [-0.4, -0.2) is 25.2 Å². The van der Waals surface area contributed by atoms with Crippen LogP contribution in [0.5, 0.6) is 0 Å². The quantitative estimate of drug-likeness (QED) is 0.767. The van der Waals surface area contributed by atoms with Gasteiger partial charge in [-0.15, -0.1) is 0 Å². The molecule has 0 spiro atoms. The van der Waals surface area contributed by atoms with Crippen LogP contribution in [0, 0.1) is 11.8 Å². The summed E-state index contributed by atoms with van der Waals surface area (Å²) in [5.74, 6) is 0.234. The lowest BCUT2D eigenvalue weighted by Crippen LogP contribution is -2.34. The summed E-state index contributed by atoms with van der Waals surface area (Å²) in [6, 6.07) is 0. The lowest BCUT2D eigenvalue weighted by Gasteiger charge is -2.30. The molecule has 1 atom stereocenters. The molecule has 100 valence electrons. The van der Waals surface area contributed by atoms with E-state index in [1.807, 2.05) is 0 Å². The molecule has 0 bridgehead atoms. The summed E-state index contributed by atoms with van der Waals surface area (Å²) >= 11 is 0. The van der Waals surface area contributed by atoms with Gasteiger partial charge >= 0.3 is 6.18 Å². The predicted octanol–water partition coefficient (Wildman–Crippen LogP) is 3.35. The largest absolute Gasteiger partial charge is 0.414 e. The van der Waals surface area contributed by atoms with E-state index in [0.29, 0.717) is 25.7 Å². The molecule has 1 fully saturated rings. The fourth-order valence-corrected chi connectivity index (χ4v) is 2.47.